The molecule has 11 heteroatoms. The van der Waals surface area contributed by atoms with E-state index < -0.39 is 23.9 Å². The Hall–Kier alpha value is -6.20. The lowest BCUT2D eigenvalue weighted by Gasteiger charge is -2.41. The number of methoxy groups -OCH3 is 1. The Kier molecular flexibility index (Phi) is 10.7. The van der Waals surface area contributed by atoms with Crippen LogP contribution < -0.4 is 19.1 Å². The van der Waals surface area contributed by atoms with Crippen molar-refractivity contribution in [1.29, 1.82) is 0 Å². The third kappa shape index (κ3) is 7.42. The van der Waals surface area contributed by atoms with Crippen molar-refractivity contribution < 1.29 is 37.7 Å². The number of ether oxygens (including phenoxy) is 4. The molecule has 286 valence electrons. The maximum Gasteiger partial charge on any atom is 0.258 e. The summed E-state index contributed by atoms with van der Waals surface area (Å²) in [5.74, 6) is 0.267. The summed E-state index contributed by atoms with van der Waals surface area (Å²) in [4.78, 5) is 50.3. The first kappa shape index (κ1) is 36.8. The number of halogens is 1. The quantitative estimate of drug-likeness (QED) is 0.173. The SMILES string of the molecule is COc1ccc(CN2C(=O)[C@H](Cc3ccccc3)N(C(=O)c3ccc(F)cc3)CCCCOC[C@@H]3[C@@H]2c2cc4c(cc2N3C(=O)c2ccccc2)OCO4)cc1. The van der Waals surface area contributed by atoms with Crippen LogP contribution in [0.3, 0.4) is 0 Å². The van der Waals surface area contributed by atoms with Gasteiger partial charge < -0.3 is 33.6 Å². The Morgan fingerprint density at radius 3 is 2.18 bits per heavy atom. The maximum absolute atomic E-state index is 15.9. The molecule has 5 aromatic rings. The fourth-order valence-corrected chi connectivity index (χ4v) is 7.89. The van der Waals surface area contributed by atoms with E-state index in [0.717, 1.165) is 11.1 Å². The van der Waals surface area contributed by atoms with Gasteiger partial charge in [0.15, 0.2) is 11.5 Å². The predicted octanol–water partition coefficient (Wildman–Crippen LogP) is 7.23. The molecule has 0 aromatic heterocycles. The Balaban J connectivity index is 1.31. The smallest absolute Gasteiger partial charge is 0.258 e. The van der Waals surface area contributed by atoms with Crippen LogP contribution in [0.25, 0.3) is 0 Å². The molecule has 3 amide bonds. The van der Waals surface area contributed by atoms with Gasteiger partial charge in [-0.15, -0.1) is 0 Å². The number of nitrogens with zero attached hydrogens (tertiary/aromatic N) is 3. The maximum atomic E-state index is 15.9. The average molecular weight is 756 g/mol. The van der Waals surface area contributed by atoms with Crippen molar-refractivity contribution in [2.75, 3.05) is 38.6 Å². The molecule has 0 bridgehead atoms. The van der Waals surface area contributed by atoms with E-state index in [-0.39, 0.29) is 56.2 Å². The van der Waals surface area contributed by atoms with Gasteiger partial charge in [0.2, 0.25) is 12.7 Å². The molecule has 1 saturated heterocycles. The standard InChI is InChI=1S/C45H42FN3O7/c1-53-35-20-14-31(15-21-35)27-48-42-36-25-40-41(56-29-55-40)26-37(36)49(44(51)32-12-6-3-7-13-32)39(42)28-54-23-9-8-22-47(43(50)33-16-18-34(46)19-17-33)38(45(48)52)24-30-10-4-2-5-11-30/h2-7,10-21,25-26,38-39,42H,8-9,22-24,27-29H2,1H3/t38-,39+,42-/m0/s1. The van der Waals surface area contributed by atoms with Crippen molar-refractivity contribution in [1.82, 2.24) is 9.80 Å². The molecule has 3 atom stereocenters. The first-order chi connectivity index (χ1) is 27.4. The molecule has 3 heterocycles. The van der Waals surface area contributed by atoms with Crippen LogP contribution in [0, 0.1) is 5.82 Å². The number of fused-ring (bicyclic) bond motifs is 4. The van der Waals surface area contributed by atoms with Crippen molar-refractivity contribution in [3.8, 4) is 17.2 Å². The molecule has 10 nitrogen and oxygen atoms in total. The van der Waals surface area contributed by atoms with E-state index >= 15 is 4.79 Å². The Morgan fingerprint density at radius 1 is 0.786 bits per heavy atom. The van der Waals surface area contributed by atoms with Crippen molar-refractivity contribution in [3.05, 3.63) is 155 Å². The summed E-state index contributed by atoms with van der Waals surface area (Å²) < 4.78 is 37.6. The van der Waals surface area contributed by atoms with Gasteiger partial charge in [0.05, 0.1) is 31.5 Å². The highest BCUT2D eigenvalue weighted by Crippen LogP contribution is 2.50. The van der Waals surface area contributed by atoms with E-state index in [2.05, 4.69) is 0 Å². The number of anilines is 1. The second kappa shape index (κ2) is 16.3. The van der Waals surface area contributed by atoms with E-state index in [0.29, 0.717) is 53.5 Å². The molecule has 0 unspecified atom stereocenters. The van der Waals surface area contributed by atoms with Crippen molar-refractivity contribution in [2.24, 2.45) is 0 Å². The molecule has 8 rings (SSSR count). The van der Waals surface area contributed by atoms with Crippen LogP contribution in [0.15, 0.2) is 121 Å². The Labute approximate surface area is 325 Å². The van der Waals surface area contributed by atoms with Crippen molar-refractivity contribution in [2.45, 2.75) is 43.9 Å². The first-order valence-corrected chi connectivity index (χ1v) is 18.8. The third-order valence-corrected chi connectivity index (χ3v) is 10.7. The number of hydrogen-bond donors (Lipinski definition) is 0. The van der Waals surface area contributed by atoms with E-state index in [1.807, 2.05) is 84.9 Å². The minimum atomic E-state index is -0.967. The zero-order valence-electron chi connectivity index (χ0n) is 31.0. The third-order valence-electron chi connectivity index (χ3n) is 10.7. The van der Waals surface area contributed by atoms with Gasteiger partial charge in [0.1, 0.15) is 17.6 Å². The largest absolute Gasteiger partial charge is 0.497 e. The lowest BCUT2D eigenvalue weighted by Crippen LogP contribution is -2.55. The van der Waals surface area contributed by atoms with E-state index in [1.54, 1.807) is 33.9 Å². The lowest BCUT2D eigenvalue weighted by atomic mass is 9.96. The average Bonchev–Trinajstić information content (AvgIpc) is 3.82. The summed E-state index contributed by atoms with van der Waals surface area (Å²) >= 11 is 0. The molecular weight excluding hydrogens is 714 g/mol. The van der Waals surface area contributed by atoms with E-state index in [4.69, 9.17) is 18.9 Å². The van der Waals surface area contributed by atoms with Crippen LogP contribution in [0.2, 0.25) is 0 Å². The highest BCUT2D eigenvalue weighted by Gasteiger charge is 2.49. The van der Waals surface area contributed by atoms with Gasteiger partial charge in [0, 0.05) is 48.9 Å². The number of rotatable bonds is 7. The molecule has 1 fully saturated rings. The zero-order valence-corrected chi connectivity index (χ0v) is 31.0. The predicted molar refractivity (Wildman–Crippen MR) is 207 cm³/mol. The van der Waals surface area contributed by atoms with Crippen LogP contribution in [0.1, 0.15) is 56.3 Å². The normalized spacial score (nSPS) is 19.4. The van der Waals surface area contributed by atoms with E-state index in [9.17, 15) is 14.0 Å². The molecule has 0 radical (unpaired) electrons. The van der Waals surface area contributed by atoms with Crippen LogP contribution in [0.4, 0.5) is 10.1 Å². The molecule has 3 aliphatic heterocycles. The first-order valence-electron chi connectivity index (χ1n) is 18.8. The molecule has 0 N–H and O–H groups in total. The second-order valence-electron chi connectivity index (χ2n) is 14.1. The fraction of sp³-hybridized carbons (Fsp3) is 0.267. The molecule has 5 aromatic carbocycles. The highest BCUT2D eigenvalue weighted by atomic mass is 19.1. The van der Waals surface area contributed by atoms with Crippen LogP contribution in [0.5, 0.6) is 17.2 Å². The van der Waals surface area contributed by atoms with Gasteiger partial charge in [-0.25, -0.2) is 4.39 Å². The Bertz CT molecular complexity index is 2180. The zero-order chi connectivity index (χ0) is 38.6. The monoisotopic (exact) mass is 755 g/mol. The number of carbonyl (C=O) groups excluding carboxylic acids is 3. The summed E-state index contributed by atoms with van der Waals surface area (Å²) in [6.07, 6.45) is 1.37. The summed E-state index contributed by atoms with van der Waals surface area (Å²) in [5.41, 5.74) is 3.72. The summed E-state index contributed by atoms with van der Waals surface area (Å²) in [6, 6.07) is 32.9. The fourth-order valence-electron chi connectivity index (χ4n) is 7.89. The molecule has 0 spiro atoms. The number of benzene rings is 5. The summed E-state index contributed by atoms with van der Waals surface area (Å²) in [5, 5.41) is 0. The summed E-state index contributed by atoms with van der Waals surface area (Å²) in [7, 11) is 1.60. The molecule has 0 aliphatic carbocycles. The molecule has 0 saturated carbocycles. The van der Waals surface area contributed by atoms with Gasteiger partial charge in [-0.1, -0.05) is 60.7 Å². The van der Waals surface area contributed by atoms with Crippen LogP contribution in [-0.2, 0) is 22.5 Å². The molecule has 3 aliphatic rings. The van der Waals surface area contributed by atoms with Crippen molar-refractivity contribution >= 4 is 23.4 Å². The Morgan fingerprint density at radius 2 is 1.46 bits per heavy atom. The van der Waals surface area contributed by atoms with Gasteiger partial charge in [-0.05, 0) is 78.6 Å². The minimum absolute atomic E-state index is 0.0240. The number of carbonyl (C=O) groups is 3. The van der Waals surface area contributed by atoms with Crippen LogP contribution >= 0.6 is 0 Å². The minimum Gasteiger partial charge on any atom is -0.497 e. The van der Waals surface area contributed by atoms with Gasteiger partial charge >= 0.3 is 0 Å². The van der Waals surface area contributed by atoms with E-state index in [1.165, 1.54) is 24.3 Å². The topological polar surface area (TPSA) is 97.9 Å². The van der Waals surface area contributed by atoms with Crippen molar-refractivity contribution in [3.63, 3.8) is 0 Å². The van der Waals surface area contributed by atoms with Crippen LogP contribution in [-0.4, -0.2) is 73.3 Å². The van der Waals surface area contributed by atoms with Gasteiger partial charge in [0.25, 0.3) is 11.8 Å². The highest BCUT2D eigenvalue weighted by molar-refractivity contribution is 6.08. The number of amides is 3. The number of hydrogen-bond acceptors (Lipinski definition) is 7. The second-order valence-corrected chi connectivity index (χ2v) is 14.1. The lowest BCUT2D eigenvalue weighted by molar-refractivity contribution is -0.140. The van der Waals surface area contributed by atoms with Gasteiger partial charge in [-0.3, -0.25) is 14.4 Å². The molecular formula is C45H42FN3O7. The summed E-state index contributed by atoms with van der Waals surface area (Å²) in [6.45, 7) is 0.925. The molecule has 56 heavy (non-hydrogen) atoms. The van der Waals surface area contributed by atoms with Gasteiger partial charge in [-0.2, -0.15) is 0 Å².